The van der Waals surface area contributed by atoms with Crippen LogP contribution in [0, 0.1) is 10.1 Å². The molecule has 2 amide bonds. The maximum Gasteiger partial charge on any atom is 0.271 e. The first-order valence-electron chi connectivity index (χ1n) is 14.3. The number of halogens is 1. The number of anilines is 1. The second-order valence-electron chi connectivity index (χ2n) is 10.2. The molecule has 0 heterocycles. The molecule has 0 fully saturated rings. The van der Waals surface area contributed by atoms with Gasteiger partial charge in [0.25, 0.3) is 15.7 Å². The van der Waals surface area contributed by atoms with Gasteiger partial charge in [-0.1, -0.05) is 89.6 Å². The van der Waals surface area contributed by atoms with Crippen LogP contribution in [0.1, 0.15) is 24.5 Å². The minimum atomic E-state index is -4.37. The van der Waals surface area contributed by atoms with Crippen molar-refractivity contribution in [2.24, 2.45) is 0 Å². The van der Waals surface area contributed by atoms with E-state index in [-0.39, 0.29) is 35.1 Å². The summed E-state index contributed by atoms with van der Waals surface area (Å²) in [4.78, 5) is 40.3. The number of nitrogens with zero attached hydrogens (tertiary/aromatic N) is 3. The molecule has 4 aromatic carbocycles. The Bertz CT molecular complexity index is 1740. The van der Waals surface area contributed by atoms with Gasteiger partial charge in [-0.2, -0.15) is 0 Å². The van der Waals surface area contributed by atoms with Crippen molar-refractivity contribution in [3.05, 3.63) is 135 Å². The van der Waals surface area contributed by atoms with Crippen LogP contribution in [-0.2, 0) is 32.6 Å². The molecule has 12 heteroatoms. The zero-order valence-corrected chi connectivity index (χ0v) is 27.0. The monoisotopic (exact) mass is 692 g/mol. The van der Waals surface area contributed by atoms with Crippen molar-refractivity contribution in [2.45, 2.75) is 37.2 Å². The average molecular weight is 694 g/mol. The third-order valence-corrected chi connectivity index (χ3v) is 9.28. The molecule has 0 aliphatic carbocycles. The molecule has 0 spiro atoms. The summed E-state index contributed by atoms with van der Waals surface area (Å²) < 4.78 is 29.6. The fourth-order valence-corrected chi connectivity index (χ4v) is 6.64. The number of carbonyl (C=O) groups is 2. The van der Waals surface area contributed by atoms with Crippen LogP contribution in [0.2, 0.25) is 0 Å². The third-order valence-electron chi connectivity index (χ3n) is 7.00. The van der Waals surface area contributed by atoms with Crippen molar-refractivity contribution in [1.82, 2.24) is 10.2 Å². The highest BCUT2D eigenvalue weighted by molar-refractivity contribution is 9.10. The molecule has 4 aromatic rings. The summed E-state index contributed by atoms with van der Waals surface area (Å²) in [5.74, 6) is -1.04. The summed E-state index contributed by atoms with van der Waals surface area (Å²) in [7, 11) is -4.37. The zero-order chi connectivity index (χ0) is 32.4. The lowest BCUT2D eigenvalue weighted by atomic mass is 10.0. The van der Waals surface area contributed by atoms with Gasteiger partial charge in [-0.05, 0) is 47.9 Å². The molecule has 10 nitrogen and oxygen atoms in total. The van der Waals surface area contributed by atoms with Crippen molar-refractivity contribution in [1.29, 1.82) is 0 Å². The molecule has 4 rings (SSSR count). The molecular weight excluding hydrogens is 660 g/mol. The van der Waals surface area contributed by atoms with E-state index in [9.17, 15) is 28.1 Å². The number of benzene rings is 4. The first-order valence-corrected chi connectivity index (χ1v) is 16.5. The lowest BCUT2D eigenvalue weighted by Gasteiger charge is -2.34. The molecule has 0 aliphatic heterocycles. The van der Waals surface area contributed by atoms with Gasteiger partial charge in [0, 0.05) is 36.1 Å². The highest BCUT2D eigenvalue weighted by Gasteiger charge is 2.35. The highest BCUT2D eigenvalue weighted by atomic mass is 79.9. The fourth-order valence-electron chi connectivity index (χ4n) is 4.76. The molecule has 234 valence electrons. The number of amides is 2. The molecule has 0 radical (unpaired) electrons. The van der Waals surface area contributed by atoms with Crippen LogP contribution in [-0.4, -0.2) is 49.2 Å². The molecule has 0 saturated carbocycles. The first-order chi connectivity index (χ1) is 21.6. The molecular formula is C33H33BrN4O6S. The number of non-ortho nitro benzene ring substituents is 1. The smallest absolute Gasteiger partial charge is 0.271 e. The van der Waals surface area contributed by atoms with E-state index in [4.69, 9.17) is 0 Å². The van der Waals surface area contributed by atoms with E-state index in [1.165, 1.54) is 35.2 Å². The number of nitro groups is 1. The van der Waals surface area contributed by atoms with Crippen LogP contribution in [0.4, 0.5) is 11.4 Å². The predicted molar refractivity (Wildman–Crippen MR) is 176 cm³/mol. The van der Waals surface area contributed by atoms with Gasteiger partial charge in [0.2, 0.25) is 11.8 Å². The Morgan fingerprint density at radius 3 is 2.18 bits per heavy atom. The normalized spacial score (nSPS) is 11.8. The van der Waals surface area contributed by atoms with Crippen molar-refractivity contribution in [3.8, 4) is 0 Å². The molecule has 1 atom stereocenters. The molecule has 0 aliphatic rings. The topological polar surface area (TPSA) is 130 Å². The second-order valence-corrected chi connectivity index (χ2v) is 13.0. The minimum Gasteiger partial charge on any atom is -0.354 e. The number of rotatable bonds is 14. The van der Waals surface area contributed by atoms with Crippen molar-refractivity contribution in [2.75, 3.05) is 17.4 Å². The minimum absolute atomic E-state index is 0.00345. The SMILES string of the molecule is CCCNC(=O)[C@@H](Cc1ccccc1)N(Cc1cccc(Br)c1)C(=O)CN(c1cccc([N+](=O)[O-])c1)S(=O)(=O)c1ccccc1. The molecule has 45 heavy (non-hydrogen) atoms. The predicted octanol–water partition coefficient (Wildman–Crippen LogP) is 5.72. The van der Waals surface area contributed by atoms with Crippen LogP contribution in [0.25, 0.3) is 0 Å². The number of hydrogen-bond acceptors (Lipinski definition) is 6. The van der Waals surface area contributed by atoms with E-state index in [0.717, 1.165) is 20.4 Å². The van der Waals surface area contributed by atoms with Crippen LogP contribution >= 0.6 is 15.9 Å². The summed E-state index contributed by atoms with van der Waals surface area (Å²) in [5.41, 5.74) is 1.14. The number of hydrogen-bond donors (Lipinski definition) is 1. The number of nitrogens with one attached hydrogen (secondary N) is 1. The van der Waals surface area contributed by atoms with E-state index in [0.29, 0.717) is 18.5 Å². The summed E-state index contributed by atoms with van der Waals surface area (Å²) in [5, 5.41) is 14.5. The Morgan fingerprint density at radius 2 is 1.53 bits per heavy atom. The standard InChI is InChI=1S/C33H33BrN4O6S/c1-2-19-35-33(40)31(21-25-11-5-3-6-12-25)36(23-26-13-9-14-27(34)20-26)32(39)24-37(28-15-10-16-29(22-28)38(41)42)45(43,44)30-17-7-4-8-18-30/h3-18,20,22,31H,2,19,21,23-24H2,1H3,(H,35,40)/t31-/m1/s1. The Morgan fingerprint density at radius 1 is 0.889 bits per heavy atom. The number of sulfonamides is 1. The van der Waals surface area contributed by atoms with Gasteiger partial charge >= 0.3 is 0 Å². The first kappa shape index (κ1) is 33.3. The van der Waals surface area contributed by atoms with Crippen LogP contribution in [0.15, 0.2) is 119 Å². The average Bonchev–Trinajstić information content (AvgIpc) is 3.04. The number of nitro benzene ring substituents is 1. The Hall–Kier alpha value is -4.55. The maximum absolute atomic E-state index is 14.4. The summed E-state index contributed by atoms with van der Waals surface area (Å²) in [6.07, 6.45) is 0.859. The lowest BCUT2D eigenvalue weighted by molar-refractivity contribution is -0.384. The van der Waals surface area contributed by atoms with Gasteiger partial charge in [-0.15, -0.1) is 0 Å². The van der Waals surface area contributed by atoms with Gasteiger partial charge in [-0.25, -0.2) is 8.42 Å². The van der Waals surface area contributed by atoms with E-state index in [1.54, 1.807) is 24.3 Å². The second kappa shape index (κ2) is 15.4. The van der Waals surface area contributed by atoms with Gasteiger partial charge in [0.1, 0.15) is 12.6 Å². The lowest BCUT2D eigenvalue weighted by Crippen LogP contribution is -2.53. The Labute approximate surface area is 271 Å². The van der Waals surface area contributed by atoms with E-state index >= 15 is 0 Å². The molecule has 1 N–H and O–H groups in total. The van der Waals surface area contributed by atoms with Crippen LogP contribution in [0.5, 0.6) is 0 Å². The summed E-state index contributed by atoms with van der Waals surface area (Å²) in [6, 6.07) is 28.2. The molecule has 0 unspecified atom stereocenters. The highest BCUT2D eigenvalue weighted by Crippen LogP contribution is 2.28. The molecule has 0 bridgehead atoms. The maximum atomic E-state index is 14.4. The quantitative estimate of drug-likeness (QED) is 0.133. The van der Waals surface area contributed by atoms with Gasteiger partial charge in [-0.3, -0.25) is 24.0 Å². The van der Waals surface area contributed by atoms with Gasteiger partial charge in [0.15, 0.2) is 0 Å². The van der Waals surface area contributed by atoms with Crippen molar-refractivity contribution < 1.29 is 22.9 Å². The summed E-state index contributed by atoms with van der Waals surface area (Å²) in [6.45, 7) is 1.61. The Balaban J connectivity index is 1.82. The van der Waals surface area contributed by atoms with Crippen molar-refractivity contribution >= 4 is 49.1 Å². The Kier molecular flexibility index (Phi) is 11.4. The van der Waals surface area contributed by atoms with E-state index in [2.05, 4.69) is 21.2 Å². The zero-order valence-electron chi connectivity index (χ0n) is 24.6. The van der Waals surface area contributed by atoms with E-state index < -0.39 is 33.4 Å². The number of carbonyl (C=O) groups excluding carboxylic acids is 2. The van der Waals surface area contributed by atoms with Gasteiger partial charge < -0.3 is 10.2 Å². The molecule has 0 saturated heterocycles. The van der Waals surface area contributed by atoms with Crippen LogP contribution < -0.4 is 9.62 Å². The fraction of sp³-hybridized carbons (Fsp3) is 0.212. The largest absolute Gasteiger partial charge is 0.354 e. The molecule has 0 aromatic heterocycles. The van der Waals surface area contributed by atoms with Crippen LogP contribution in [0.3, 0.4) is 0 Å². The summed E-state index contributed by atoms with van der Waals surface area (Å²) >= 11 is 3.46. The van der Waals surface area contributed by atoms with Crippen molar-refractivity contribution in [3.63, 3.8) is 0 Å². The van der Waals surface area contributed by atoms with Gasteiger partial charge in [0.05, 0.1) is 15.5 Å². The van der Waals surface area contributed by atoms with E-state index in [1.807, 2.05) is 55.5 Å². The third kappa shape index (κ3) is 8.77.